The first-order valence-electron chi connectivity index (χ1n) is 14.8. The van der Waals surface area contributed by atoms with Gasteiger partial charge in [-0.1, -0.05) is 52.0 Å². The third-order valence-corrected chi connectivity index (χ3v) is 8.88. The van der Waals surface area contributed by atoms with Gasteiger partial charge in [0.05, 0.1) is 17.4 Å². The number of carbonyl (C=O) groups is 3. The monoisotopic (exact) mass is 543 g/mol. The summed E-state index contributed by atoms with van der Waals surface area (Å²) in [5.74, 6) is -1.84. The molecule has 39 heavy (non-hydrogen) atoms. The van der Waals surface area contributed by atoms with Crippen LogP contribution in [-0.4, -0.2) is 93.1 Å². The third-order valence-electron chi connectivity index (χ3n) is 8.88. The predicted molar refractivity (Wildman–Crippen MR) is 151 cm³/mol. The first kappa shape index (κ1) is 29.8. The predicted octanol–water partition coefficient (Wildman–Crippen LogP) is 3.54. The highest BCUT2D eigenvalue weighted by molar-refractivity contribution is 6.00. The lowest BCUT2D eigenvalue weighted by Gasteiger charge is -2.44. The summed E-state index contributed by atoms with van der Waals surface area (Å²) in [6, 6.07) is -0.841. The van der Waals surface area contributed by atoms with Gasteiger partial charge in [0, 0.05) is 38.3 Å². The van der Waals surface area contributed by atoms with Gasteiger partial charge in [-0.2, -0.15) is 0 Å². The minimum Gasteiger partial charge on any atom is -0.396 e. The standard InChI is InChI=1S/C31H49N3O5/c1-8-16-32-17-12-14-30(7)22(25(32)36)23-26(37)33(18-10-9-11-20-35)24-27(38)34(19-13-15-31(23,24)39-30)29(5,6)21-28(2,3)4/h12-15,22-24,35H,8-11,16-21H2,1-7H3/t22-,23+,24?,30+,31+/m1/s1. The third kappa shape index (κ3) is 5.19. The molecule has 1 unspecified atom stereocenters. The van der Waals surface area contributed by atoms with Gasteiger partial charge in [0.15, 0.2) is 0 Å². The van der Waals surface area contributed by atoms with Crippen molar-refractivity contribution in [2.75, 3.05) is 32.8 Å². The van der Waals surface area contributed by atoms with E-state index in [1.807, 2.05) is 48.0 Å². The maximum Gasteiger partial charge on any atom is 0.249 e. The van der Waals surface area contributed by atoms with E-state index in [4.69, 9.17) is 4.74 Å². The van der Waals surface area contributed by atoms with Crippen molar-refractivity contribution in [3.05, 3.63) is 24.3 Å². The molecule has 1 N–H and O–H groups in total. The van der Waals surface area contributed by atoms with E-state index in [1.165, 1.54) is 0 Å². The Morgan fingerprint density at radius 3 is 2.26 bits per heavy atom. The van der Waals surface area contributed by atoms with Crippen LogP contribution in [0.2, 0.25) is 0 Å². The minimum absolute atomic E-state index is 0.0000230. The van der Waals surface area contributed by atoms with E-state index in [-0.39, 0.29) is 29.7 Å². The molecule has 0 aliphatic carbocycles. The summed E-state index contributed by atoms with van der Waals surface area (Å²) in [7, 11) is 0. The van der Waals surface area contributed by atoms with Crippen molar-refractivity contribution in [3.63, 3.8) is 0 Å². The summed E-state index contributed by atoms with van der Waals surface area (Å²) in [4.78, 5) is 48.5. The van der Waals surface area contributed by atoms with E-state index in [9.17, 15) is 19.5 Å². The van der Waals surface area contributed by atoms with Crippen molar-refractivity contribution in [1.82, 2.24) is 14.7 Å². The Morgan fingerprint density at radius 2 is 1.62 bits per heavy atom. The summed E-state index contributed by atoms with van der Waals surface area (Å²) in [6.45, 7) is 16.7. The molecule has 0 aromatic carbocycles. The highest BCUT2D eigenvalue weighted by atomic mass is 16.5. The van der Waals surface area contributed by atoms with E-state index < -0.39 is 34.6 Å². The highest BCUT2D eigenvalue weighted by Gasteiger charge is 2.74. The molecule has 3 amide bonds. The number of aliphatic hydroxyl groups excluding tert-OH is 1. The molecule has 4 aliphatic heterocycles. The number of amides is 3. The van der Waals surface area contributed by atoms with Gasteiger partial charge in [-0.05, 0) is 58.3 Å². The number of hydrogen-bond donors (Lipinski definition) is 1. The Labute approximate surface area is 234 Å². The Balaban J connectivity index is 1.80. The number of aliphatic hydroxyl groups is 1. The Hall–Kier alpha value is -2.19. The molecular formula is C31H49N3O5. The van der Waals surface area contributed by atoms with Crippen LogP contribution in [-0.2, 0) is 19.1 Å². The zero-order chi connectivity index (χ0) is 28.8. The molecule has 5 atom stereocenters. The number of hydrogen-bond acceptors (Lipinski definition) is 5. The normalized spacial score (nSPS) is 32.9. The van der Waals surface area contributed by atoms with Gasteiger partial charge >= 0.3 is 0 Å². The summed E-state index contributed by atoms with van der Waals surface area (Å²) < 4.78 is 6.91. The quantitative estimate of drug-likeness (QED) is 0.355. The Bertz CT molecular complexity index is 1030. The van der Waals surface area contributed by atoms with E-state index in [0.717, 1.165) is 19.3 Å². The molecule has 0 bridgehead atoms. The van der Waals surface area contributed by atoms with Crippen molar-refractivity contribution in [1.29, 1.82) is 0 Å². The number of unbranched alkanes of at least 4 members (excludes halogenated alkanes) is 2. The molecule has 4 rings (SSSR count). The number of likely N-dealkylation sites (tertiary alicyclic amines) is 1. The fraction of sp³-hybridized carbons (Fsp3) is 0.774. The molecule has 0 radical (unpaired) electrons. The molecule has 0 aromatic heterocycles. The number of nitrogens with zero attached hydrogens (tertiary/aromatic N) is 3. The first-order chi connectivity index (χ1) is 18.2. The number of fused-ring (bicyclic) bond motifs is 2. The summed E-state index contributed by atoms with van der Waals surface area (Å²) in [6.07, 6.45) is 11.5. The van der Waals surface area contributed by atoms with Crippen LogP contribution >= 0.6 is 0 Å². The smallest absolute Gasteiger partial charge is 0.249 e. The second-order valence-corrected chi connectivity index (χ2v) is 13.9. The van der Waals surface area contributed by atoms with Gasteiger partial charge in [0.25, 0.3) is 0 Å². The number of rotatable bonds is 9. The number of ether oxygens (including phenoxy) is 1. The summed E-state index contributed by atoms with van der Waals surface area (Å²) in [5.41, 5.74) is -2.65. The fourth-order valence-electron chi connectivity index (χ4n) is 7.79. The van der Waals surface area contributed by atoms with Gasteiger partial charge in [-0.15, -0.1) is 0 Å². The van der Waals surface area contributed by atoms with Crippen molar-refractivity contribution >= 4 is 17.7 Å². The second kappa shape index (κ2) is 10.7. The number of carbonyl (C=O) groups excluding carboxylic acids is 3. The molecule has 4 aliphatic rings. The molecule has 2 saturated heterocycles. The maximum atomic E-state index is 14.6. The van der Waals surface area contributed by atoms with Crippen molar-refractivity contribution in [2.45, 2.75) is 103 Å². The minimum atomic E-state index is -1.22. The second-order valence-electron chi connectivity index (χ2n) is 13.9. The average Bonchev–Trinajstić information content (AvgIpc) is 3.08. The van der Waals surface area contributed by atoms with Crippen LogP contribution in [0.25, 0.3) is 0 Å². The van der Waals surface area contributed by atoms with Crippen molar-refractivity contribution in [2.24, 2.45) is 17.3 Å². The lowest BCUT2D eigenvalue weighted by Crippen LogP contribution is -2.60. The van der Waals surface area contributed by atoms with Gasteiger partial charge in [0.2, 0.25) is 17.7 Å². The summed E-state index contributed by atoms with van der Waals surface area (Å²) >= 11 is 0. The molecule has 0 saturated carbocycles. The van der Waals surface area contributed by atoms with Crippen LogP contribution in [0.4, 0.5) is 0 Å². The van der Waals surface area contributed by atoms with E-state index in [1.54, 1.807) is 4.90 Å². The zero-order valence-electron chi connectivity index (χ0n) is 25.0. The van der Waals surface area contributed by atoms with Gasteiger partial charge in [-0.25, -0.2) is 0 Å². The van der Waals surface area contributed by atoms with E-state index in [2.05, 4.69) is 34.6 Å². The van der Waals surface area contributed by atoms with Crippen molar-refractivity contribution in [3.8, 4) is 0 Å². The van der Waals surface area contributed by atoms with Crippen LogP contribution < -0.4 is 0 Å². The summed E-state index contributed by atoms with van der Waals surface area (Å²) in [5, 5.41) is 9.29. The molecule has 0 aromatic rings. The van der Waals surface area contributed by atoms with Crippen LogP contribution in [0.5, 0.6) is 0 Å². The van der Waals surface area contributed by atoms with Crippen LogP contribution in [0.15, 0.2) is 24.3 Å². The topological polar surface area (TPSA) is 90.4 Å². The molecule has 218 valence electrons. The molecule has 4 heterocycles. The van der Waals surface area contributed by atoms with Crippen LogP contribution in [0.1, 0.15) is 80.6 Å². The van der Waals surface area contributed by atoms with Crippen LogP contribution in [0, 0.1) is 17.3 Å². The van der Waals surface area contributed by atoms with Crippen LogP contribution in [0.3, 0.4) is 0 Å². The SMILES string of the molecule is CCCN1CC=C[C@]2(C)O[C@]34C=CCN(C(C)(C)CC(C)(C)C)C(=O)C3N(CCCCCO)C(=O)[C@@H]4[C@@H]2C1=O. The fourth-order valence-corrected chi connectivity index (χ4v) is 7.79. The van der Waals surface area contributed by atoms with E-state index >= 15 is 0 Å². The largest absolute Gasteiger partial charge is 0.396 e. The van der Waals surface area contributed by atoms with Gasteiger partial charge in [-0.3, -0.25) is 14.4 Å². The highest BCUT2D eigenvalue weighted by Crippen LogP contribution is 2.57. The molecule has 8 heteroatoms. The lowest BCUT2D eigenvalue weighted by atomic mass is 9.74. The molecule has 1 spiro atoms. The zero-order valence-corrected chi connectivity index (χ0v) is 25.0. The average molecular weight is 544 g/mol. The van der Waals surface area contributed by atoms with Crippen molar-refractivity contribution < 1.29 is 24.2 Å². The maximum absolute atomic E-state index is 14.6. The molecular weight excluding hydrogens is 494 g/mol. The Morgan fingerprint density at radius 1 is 0.923 bits per heavy atom. The molecule has 8 nitrogen and oxygen atoms in total. The van der Waals surface area contributed by atoms with Gasteiger partial charge < -0.3 is 24.5 Å². The Kier molecular flexibility index (Phi) is 8.14. The molecule has 2 fully saturated rings. The van der Waals surface area contributed by atoms with E-state index in [0.29, 0.717) is 39.0 Å². The van der Waals surface area contributed by atoms with Gasteiger partial charge in [0.1, 0.15) is 11.6 Å². The first-order valence-corrected chi connectivity index (χ1v) is 14.8. The lowest BCUT2D eigenvalue weighted by molar-refractivity contribution is -0.156.